The number of amides is 2. The van der Waals surface area contributed by atoms with Gasteiger partial charge in [-0.15, -0.1) is 11.3 Å². The van der Waals surface area contributed by atoms with Crippen molar-refractivity contribution in [2.45, 2.75) is 12.8 Å². The lowest BCUT2D eigenvalue weighted by molar-refractivity contribution is -0.145. The summed E-state index contributed by atoms with van der Waals surface area (Å²) in [6, 6.07) is 3.52. The number of likely N-dealkylation sites (N-methyl/N-ethyl adjacent to an activating group) is 1. The number of rotatable bonds is 4. The number of likely N-dealkylation sites (tertiary alicyclic amines) is 1. The molecular weight excluding hydrogens is 292 g/mol. The topological polar surface area (TPSA) is 77.9 Å². The zero-order valence-corrected chi connectivity index (χ0v) is 12.6. The number of thiophene rings is 1. The Morgan fingerprint density at radius 2 is 2.05 bits per heavy atom. The zero-order chi connectivity index (χ0) is 15.4. The predicted octanol–water partition coefficient (Wildman–Crippen LogP) is 1.14. The molecule has 1 aliphatic heterocycles. The fraction of sp³-hybridized carbons (Fsp3) is 0.500. The van der Waals surface area contributed by atoms with E-state index in [4.69, 9.17) is 5.11 Å². The SMILES string of the molecule is CN(CC(=O)N1CCC(C(=O)O)CC1)C(=O)c1cccs1. The molecule has 6 nitrogen and oxygen atoms in total. The molecule has 0 spiro atoms. The highest BCUT2D eigenvalue weighted by atomic mass is 32.1. The van der Waals surface area contributed by atoms with Crippen molar-refractivity contribution < 1.29 is 19.5 Å². The van der Waals surface area contributed by atoms with Gasteiger partial charge in [-0.25, -0.2) is 0 Å². The van der Waals surface area contributed by atoms with Crippen molar-refractivity contribution in [1.29, 1.82) is 0 Å². The molecule has 0 radical (unpaired) electrons. The zero-order valence-electron chi connectivity index (χ0n) is 11.8. The lowest BCUT2D eigenvalue weighted by Gasteiger charge is -2.31. The highest BCUT2D eigenvalue weighted by Crippen LogP contribution is 2.18. The van der Waals surface area contributed by atoms with Crippen LogP contribution in [0.4, 0.5) is 0 Å². The Kier molecular flexibility index (Phi) is 4.95. The maximum Gasteiger partial charge on any atom is 0.306 e. The van der Waals surface area contributed by atoms with Crippen LogP contribution in [0.15, 0.2) is 17.5 Å². The summed E-state index contributed by atoms with van der Waals surface area (Å²) in [5.41, 5.74) is 0. The Balaban J connectivity index is 1.85. The van der Waals surface area contributed by atoms with Crippen molar-refractivity contribution in [3.8, 4) is 0 Å². The van der Waals surface area contributed by atoms with E-state index in [1.165, 1.54) is 16.2 Å². The van der Waals surface area contributed by atoms with E-state index in [0.717, 1.165) is 0 Å². The Morgan fingerprint density at radius 1 is 1.38 bits per heavy atom. The van der Waals surface area contributed by atoms with Crippen molar-refractivity contribution in [2.24, 2.45) is 5.92 Å². The molecule has 114 valence electrons. The first-order valence-electron chi connectivity index (χ1n) is 6.78. The maximum absolute atomic E-state index is 12.1. The van der Waals surface area contributed by atoms with Crippen molar-refractivity contribution in [2.75, 3.05) is 26.7 Å². The van der Waals surface area contributed by atoms with Crippen LogP contribution in [-0.4, -0.2) is 59.4 Å². The van der Waals surface area contributed by atoms with Crippen molar-refractivity contribution in [3.63, 3.8) is 0 Å². The molecule has 2 rings (SSSR count). The predicted molar refractivity (Wildman–Crippen MR) is 78.2 cm³/mol. The monoisotopic (exact) mass is 310 g/mol. The Morgan fingerprint density at radius 3 is 2.57 bits per heavy atom. The molecule has 0 atom stereocenters. The molecule has 2 amide bonds. The molecular formula is C14H18N2O4S. The number of aliphatic carboxylic acids is 1. The third-order valence-corrected chi connectivity index (χ3v) is 4.51. The number of carboxylic acid groups (broad SMARTS) is 1. The fourth-order valence-electron chi connectivity index (χ4n) is 2.34. The second-order valence-electron chi connectivity index (χ2n) is 5.13. The van der Waals surface area contributed by atoms with Gasteiger partial charge in [0.2, 0.25) is 5.91 Å². The number of carboxylic acids is 1. The first-order valence-corrected chi connectivity index (χ1v) is 7.66. The Bertz CT molecular complexity index is 521. The molecule has 0 aromatic carbocycles. The third-order valence-electron chi connectivity index (χ3n) is 3.65. The summed E-state index contributed by atoms with van der Waals surface area (Å²) in [7, 11) is 1.60. The summed E-state index contributed by atoms with van der Waals surface area (Å²) >= 11 is 1.34. The third kappa shape index (κ3) is 3.81. The van der Waals surface area contributed by atoms with E-state index in [-0.39, 0.29) is 24.3 Å². The summed E-state index contributed by atoms with van der Waals surface area (Å²) in [4.78, 5) is 38.7. The van der Waals surface area contributed by atoms with Gasteiger partial charge in [0.25, 0.3) is 5.91 Å². The van der Waals surface area contributed by atoms with Crippen LogP contribution >= 0.6 is 11.3 Å². The molecule has 0 bridgehead atoms. The molecule has 0 saturated carbocycles. The van der Waals surface area contributed by atoms with Gasteiger partial charge in [-0.2, -0.15) is 0 Å². The molecule has 1 fully saturated rings. The average Bonchev–Trinajstić information content (AvgIpc) is 3.00. The van der Waals surface area contributed by atoms with Crippen LogP contribution in [0.25, 0.3) is 0 Å². The molecule has 7 heteroatoms. The van der Waals surface area contributed by atoms with Crippen LogP contribution < -0.4 is 0 Å². The number of hydrogen-bond donors (Lipinski definition) is 1. The van der Waals surface area contributed by atoms with Gasteiger partial charge in [0, 0.05) is 20.1 Å². The molecule has 1 aromatic heterocycles. The van der Waals surface area contributed by atoms with E-state index < -0.39 is 5.97 Å². The minimum absolute atomic E-state index is 0.0223. The van der Waals surface area contributed by atoms with Gasteiger partial charge >= 0.3 is 5.97 Å². The molecule has 0 aliphatic carbocycles. The highest BCUT2D eigenvalue weighted by Gasteiger charge is 2.28. The second kappa shape index (κ2) is 6.71. The minimum atomic E-state index is -0.799. The van der Waals surface area contributed by atoms with Crippen molar-refractivity contribution in [1.82, 2.24) is 9.80 Å². The molecule has 1 saturated heterocycles. The first kappa shape index (κ1) is 15.5. The van der Waals surface area contributed by atoms with E-state index in [9.17, 15) is 14.4 Å². The average molecular weight is 310 g/mol. The van der Waals surface area contributed by atoms with Gasteiger partial charge in [0.05, 0.1) is 17.3 Å². The number of hydrogen-bond acceptors (Lipinski definition) is 4. The van der Waals surface area contributed by atoms with E-state index in [1.54, 1.807) is 24.1 Å². The van der Waals surface area contributed by atoms with E-state index in [2.05, 4.69) is 0 Å². The van der Waals surface area contributed by atoms with Crippen LogP contribution in [-0.2, 0) is 9.59 Å². The van der Waals surface area contributed by atoms with Crippen molar-refractivity contribution in [3.05, 3.63) is 22.4 Å². The Hall–Kier alpha value is -1.89. The number of carbonyl (C=O) groups excluding carboxylic acids is 2. The van der Waals surface area contributed by atoms with Gasteiger partial charge in [0.15, 0.2) is 0 Å². The molecule has 1 aromatic rings. The lowest BCUT2D eigenvalue weighted by atomic mass is 9.97. The summed E-state index contributed by atoms with van der Waals surface area (Å²) in [6.07, 6.45) is 0.952. The maximum atomic E-state index is 12.1. The van der Waals surface area contributed by atoms with Crippen LogP contribution in [0.2, 0.25) is 0 Å². The first-order chi connectivity index (χ1) is 9.99. The van der Waals surface area contributed by atoms with Crippen LogP contribution in [0.5, 0.6) is 0 Å². The van der Waals surface area contributed by atoms with E-state index >= 15 is 0 Å². The Labute approximate surface area is 127 Å². The molecule has 21 heavy (non-hydrogen) atoms. The lowest BCUT2D eigenvalue weighted by Crippen LogP contribution is -2.45. The smallest absolute Gasteiger partial charge is 0.306 e. The van der Waals surface area contributed by atoms with Crippen LogP contribution in [0.1, 0.15) is 22.5 Å². The molecule has 1 aliphatic rings. The number of carbonyl (C=O) groups is 3. The summed E-state index contributed by atoms with van der Waals surface area (Å²) < 4.78 is 0. The number of nitrogens with zero attached hydrogens (tertiary/aromatic N) is 2. The van der Waals surface area contributed by atoms with Crippen LogP contribution in [0, 0.1) is 5.92 Å². The fourth-order valence-corrected chi connectivity index (χ4v) is 3.06. The van der Waals surface area contributed by atoms with E-state index in [0.29, 0.717) is 30.8 Å². The number of piperidine rings is 1. The normalized spacial score (nSPS) is 15.8. The molecule has 2 heterocycles. The molecule has 0 unspecified atom stereocenters. The largest absolute Gasteiger partial charge is 0.481 e. The minimum Gasteiger partial charge on any atom is -0.481 e. The quantitative estimate of drug-likeness (QED) is 0.904. The highest BCUT2D eigenvalue weighted by molar-refractivity contribution is 7.12. The summed E-state index contributed by atoms with van der Waals surface area (Å²) in [5, 5.41) is 10.8. The summed E-state index contributed by atoms with van der Waals surface area (Å²) in [5.74, 6) is -1.46. The standard InChI is InChI=1S/C14H18N2O4S/c1-15(13(18)11-3-2-8-21-11)9-12(17)16-6-4-10(5-7-16)14(19)20/h2-3,8,10H,4-7,9H2,1H3,(H,19,20). The summed E-state index contributed by atoms with van der Waals surface area (Å²) in [6.45, 7) is 0.905. The van der Waals surface area contributed by atoms with Gasteiger partial charge in [-0.05, 0) is 24.3 Å². The van der Waals surface area contributed by atoms with E-state index in [1.807, 2.05) is 5.38 Å². The second-order valence-corrected chi connectivity index (χ2v) is 6.08. The van der Waals surface area contributed by atoms with Gasteiger partial charge in [0.1, 0.15) is 0 Å². The van der Waals surface area contributed by atoms with Gasteiger partial charge in [-0.3, -0.25) is 14.4 Å². The molecule has 1 N–H and O–H groups in total. The van der Waals surface area contributed by atoms with Gasteiger partial charge in [-0.1, -0.05) is 6.07 Å². The van der Waals surface area contributed by atoms with Gasteiger partial charge < -0.3 is 14.9 Å². The van der Waals surface area contributed by atoms with Crippen molar-refractivity contribution >= 4 is 29.1 Å². The van der Waals surface area contributed by atoms with Crippen LogP contribution in [0.3, 0.4) is 0 Å².